The molecule has 0 aromatic heterocycles. The molecule has 112 valence electrons. The minimum Gasteiger partial charge on any atom is -0.326 e. The highest BCUT2D eigenvalue weighted by Crippen LogP contribution is 2.34. The lowest BCUT2D eigenvalue weighted by Crippen LogP contribution is -2.54. The van der Waals surface area contributed by atoms with Gasteiger partial charge in [0.25, 0.3) is 0 Å². The minimum atomic E-state index is 0.422. The molecule has 1 aliphatic heterocycles. The van der Waals surface area contributed by atoms with Gasteiger partial charge in [0.15, 0.2) is 0 Å². The first-order valence-electron chi connectivity index (χ1n) is 8.48. The van der Waals surface area contributed by atoms with Crippen molar-refractivity contribution in [2.75, 3.05) is 13.1 Å². The van der Waals surface area contributed by atoms with Crippen molar-refractivity contribution in [2.24, 2.45) is 29.4 Å². The second-order valence-corrected chi connectivity index (χ2v) is 7.67. The van der Waals surface area contributed by atoms with Gasteiger partial charge >= 0.3 is 0 Å². The van der Waals surface area contributed by atoms with Crippen LogP contribution < -0.4 is 5.73 Å². The van der Waals surface area contributed by atoms with Crippen molar-refractivity contribution in [2.45, 2.75) is 71.9 Å². The number of hydrogen-bond donors (Lipinski definition) is 1. The van der Waals surface area contributed by atoms with Gasteiger partial charge in [-0.25, -0.2) is 0 Å². The minimum absolute atomic E-state index is 0.422. The standard InChI is InChI=1S/C17H34N2/c1-12(2)14-7-9-19(10-8-14)17-11-15(13(3)4)5-6-16(17)18/h12-17H,5-11,18H2,1-4H3. The van der Waals surface area contributed by atoms with Crippen molar-refractivity contribution in [3.63, 3.8) is 0 Å². The van der Waals surface area contributed by atoms with Crippen LogP contribution in [0.4, 0.5) is 0 Å². The third kappa shape index (κ3) is 3.72. The van der Waals surface area contributed by atoms with Crippen LogP contribution in [-0.2, 0) is 0 Å². The molecule has 1 aliphatic carbocycles. The summed E-state index contributed by atoms with van der Waals surface area (Å²) in [4.78, 5) is 2.72. The summed E-state index contributed by atoms with van der Waals surface area (Å²) in [5.41, 5.74) is 6.42. The molecule has 2 rings (SSSR count). The lowest BCUT2D eigenvalue weighted by Gasteiger charge is -2.45. The van der Waals surface area contributed by atoms with Crippen molar-refractivity contribution < 1.29 is 0 Å². The lowest BCUT2D eigenvalue weighted by atomic mass is 9.75. The van der Waals surface area contributed by atoms with Gasteiger partial charge in [0.1, 0.15) is 0 Å². The maximum absolute atomic E-state index is 6.42. The Morgan fingerprint density at radius 3 is 1.95 bits per heavy atom. The van der Waals surface area contributed by atoms with Gasteiger partial charge in [-0.15, -0.1) is 0 Å². The number of nitrogens with two attached hydrogens (primary N) is 1. The largest absolute Gasteiger partial charge is 0.326 e. The van der Waals surface area contributed by atoms with E-state index >= 15 is 0 Å². The fourth-order valence-corrected chi connectivity index (χ4v) is 4.14. The molecule has 1 saturated carbocycles. The normalized spacial score (nSPS) is 35.2. The van der Waals surface area contributed by atoms with E-state index in [1.807, 2.05) is 0 Å². The van der Waals surface area contributed by atoms with Crippen molar-refractivity contribution in [1.29, 1.82) is 0 Å². The maximum atomic E-state index is 6.42. The van der Waals surface area contributed by atoms with Crippen LogP contribution in [0.3, 0.4) is 0 Å². The highest BCUT2D eigenvalue weighted by atomic mass is 15.2. The second kappa shape index (κ2) is 6.58. The van der Waals surface area contributed by atoms with Crippen molar-refractivity contribution in [3.8, 4) is 0 Å². The molecule has 2 aliphatic rings. The van der Waals surface area contributed by atoms with Gasteiger partial charge in [-0.2, -0.15) is 0 Å². The molecule has 0 aromatic rings. The first-order valence-corrected chi connectivity index (χ1v) is 8.48. The van der Waals surface area contributed by atoms with Crippen LogP contribution in [0.25, 0.3) is 0 Å². The number of hydrogen-bond acceptors (Lipinski definition) is 2. The molecule has 2 fully saturated rings. The molecular formula is C17H34N2. The second-order valence-electron chi connectivity index (χ2n) is 7.67. The zero-order chi connectivity index (χ0) is 14.0. The first kappa shape index (κ1) is 15.3. The van der Waals surface area contributed by atoms with Crippen molar-refractivity contribution in [3.05, 3.63) is 0 Å². The summed E-state index contributed by atoms with van der Waals surface area (Å²) in [6.45, 7) is 12.1. The van der Waals surface area contributed by atoms with Gasteiger partial charge in [0.2, 0.25) is 0 Å². The molecule has 2 nitrogen and oxygen atoms in total. The average molecular weight is 266 g/mol. The number of likely N-dealkylation sites (tertiary alicyclic amines) is 1. The van der Waals surface area contributed by atoms with Crippen LogP contribution >= 0.6 is 0 Å². The van der Waals surface area contributed by atoms with Gasteiger partial charge in [-0.1, -0.05) is 27.7 Å². The summed E-state index contributed by atoms with van der Waals surface area (Å²) in [5, 5.41) is 0. The Morgan fingerprint density at radius 2 is 1.42 bits per heavy atom. The molecule has 0 aromatic carbocycles. The van der Waals surface area contributed by atoms with E-state index in [2.05, 4.69) is 32.6 Å². The smallest absolute Gasteiger partial charge is 0.0249 e. The summed E-state index contributed by atoms with van der Waals surface area (Å²) >= 11 is 0. The zero-order valence-electron chi connectivity index (χ0n) is 13.4. The van der Waals surface area contributed by atoms with Gasteiger partial charge in [-0.3, -0.25) is 4.90 Å². The van der Waals surface area contributed by atoms with Crippen LogP contribution in [0.1, 0.15) is 59.8 Å². The third-order valence-electron chi connectivity index (χ3n) is 5.84. The van der Waals surface area contributed by atoms with E-state index < -0.39 is 0 Å². The lowest BCUT2D eigenvalue weighted by molar-refractivity contribution is 0.0582. The van der Waals surface area contributed by atoms with Crippen LogP contribution in [0.15, 0.2) is 0 Å². The molecule has 3 atom stereocenters. The molecule has 3 unspecified atom stereocenters. The van der Waals surface area contributed by atoms with Gasteiger partial charge < -0.3 is 5.73 Å². The number of nitrogens with zero attached hydrogens (tertiary/aromatic N) is 1. The SMILES string of the molecule is CC(C)C1CCN(C2CC(C(C)C)CCC2N)CC1. The van der Waals surface area contributed by atoms with E-state index in [9.17, 15) is 0 Å². The molecule has 2 N–H and O–H groups in total. The monoisotopic (exact) mass is 266 g/mol. The fraction of sp³-hybridized carbons (Fsp3) is 1.00. The quantitative estimate of drug-likeness (QED) is 0.847. The van der Waals surface area contributed by atoms with Gasteiger partial charge in [0, 0.05) is 12.1 Å². The molecule has 0 bridgehead atoms. The van der Waals surface area contributed by atoms with E-state index in [0.717, 1.165) is 23.7 Å². The summed E-state index contributed by atoms with van der Waals surface area (Å²) in [6.07, 6.45) is 6.68. The van der Waals surface area contributed by atoms with Crippen LogP contribution in [0.2, 0.25) is 0 Å². The molecule has 2 heteroatoms. The van der Waals surface area contributed by atoms with Crippen LogP contribution in [0.5, 0.6) is 0 Å². The van der Waals surface area contributed by atoms with E-state index in [1.54, 1.807) is 0 Å². The summed E-state index contributed by atoms with van der Waals surface area (Å²) in [7, 11) is 0. The van der Waals surface area contributed by atoms with Gasteiger partial charge in [0.05, 0.1) is 0 Å². The summed E-state index contributed by atoms with van der Waals surface area (Å²) < 4.78 is 0. The predicted octanol–water partition coefficient (Wildman–Crippen LogP) is 3.51. The molecule has 1 saturated heterocycles. The van der Waals surface area contributed by atoms with E-state index in [0.29, 0.717) is 12.1 Å². The van der Waals surface area contributed by atoms with Crippen molar-refractivity contribution >= 4 is 0 Å². The maximum Gasteiger partial charge on any atom is 0.0249 e. The Bertz CT molecular complexity index is 266. The highest BCUT2D eigenvalue weighted by Gasteiger charge is 2.35. The Balaban J connectivity index is 1.90. The molecular weight excluding hydrogens is 232 g/mol. The van der Waals surface area contributed by atoms with Crippen molar-refractivity contribution in [1.82, 2.24) is 4.90 Å². The Kier molecular flexibility index (Phi) is 5.30. The van der Waals surface area contributed by atoms with E-state index in [1.165, 1.54) is 45.2 Å². The molecule has 0 amide bonds. The molecule has 0 spiro atoms. The topological polar surface area (TPSA) is 29.3 Å². The summed E-state index contributed by atoms with van der Waals surface area (Å²) in [5.74, 6) is 3.51. The van der Waals surface area contributed by atoms with E-state index in [-0.39, 0.29) is 0 Å². The third-order valence-corrected chi connectivity index (χ3v) is 5.84. The molecule has 1 heterocycles. The van der Waals surface area contributed by atoms with Crippen LogP contribution in [0, 0.1) is 23.7 Å². The highest BCUT2D eigenvalue weighted by molar-refractivity contribution is 4.92. The number of piperidine rings is 1. The predicted molar refractivity (Wildman–Crippen MR) is 83.1 cm³/mol. The fourth-order valence-electron chi connectivity index (χ4n) is 4.14. The number of rotatable bonds is 3. The van der Waals surface area contributed by atoms with E-state index in [4.69, 9.17) is 5.73 Å². The Morgan fingerprint density at radius 1 is 0.842 bits per heavy atom. The van der Waals surface area contributed by atoms with Gasteiger partial charge in [-0.05, 0) is 68.9 Å². The Hall–Kier alpha value is -0.0800. The average Bonchev–Trinajstić information content (AvgIpc) is 2.39. The molecule has 19 heavy (non-hydrogen) atoms. The Labute approximate surface area is 120 Å². The zero-order valence-corrected chi connectivity index (χ0v) is 13.4. The first-order chi connectivity index (χ1) is 8.99. The van der Waals surface area contributed by atoms with Crippen LogP contribution in [-0.4, -0.2) is 30.1 Å². The molecule has 0 radical (unpaired) electrons. The summed E-state index contributed by atoms with van der Waals surface area (Å²) in [6, 6.07) is 1.08.